The van der Waals surface area contributed by atoms with Gasteiger partial charge in [0.15, 0.2) is 5.13 Å². The number of rotatable bonds is 4. The molecule has 2 aromatic heterocycles. The molecule has 112 valence electrons. The highest BCUT2D eigenvalue weighted by Gasteiger charge is 2.20. The Morgan fingerprint density at radius 3 is 2.62 bits per heavy atom. The minimum absolute atomic E-state index is 0.533. The average Bonchev–Trinajstić information content (AvgIpc) is 3.01. The second kappa shape index (κ2) is 6.58. The van der Waals surface area contributed by atoms with E-state index in [-0.39, 0.29) is 0 Å². The highest BCUT2D eigenvalue weighted by atomic mass is 35.5. The van der Waals surface area contributed by atoms with E-state index in [1.807, 2.05) is 17.6 Å². The van der Waals surface area contributed by atoms with E-state index in [1.165, 1.54) is 0 Å². The standard InChI is InChI=1S/C14H18ClN5S/c1-2-3-12-17-11(15)10-13(18-12)19-5-7-20(8-6-19)14-16-4-9-21-14/h4,9-10H,2-3,5-8H2,1H3. The number of piperazine rings is 1. The smallest absolute Gasteiger partial charge is 0.185 e. The molecule has 2 aromatic rings. The van der Waals surface area contributed by atoms with Crippen LogP contribution in [0.25, 0.3) is 0 Å². The average molecular weight is 324 g/mol. The van der Waals surface area contributed by atoms with Crippen LogP contribution in [0.1, 0.15) is 19.2 Å². The van der Waals surface area contributed by atoms with Crippen molar-refractivity contribution in [3.8, 4) is 0 Å². The van der Waals surface area contributed by atoms with Gasteiger partial charge in [0.25, 0.3) is 0 Å². The summed E-state index contributed by atoms with van der Waals surface area (Å²) in [6.07, 6.45) is 3.75. The Bertz CT molecular complexity index is 581. The molecule has 0 N–H and O–H groups in total. The van der Waals surface area contributed by atoms with Crippen molar-refractivity contribution in [2.45, 2.75) is 19.8 Å². The lowest BCUT2D eigenvalue weighted by atomic mass is 10.3. The van der Waals surface area contributed by atoms with E-state index in [0.29, 0.717) is 5.15 Å². The molecule has 0 atom stereocenters. The Balaban J connectivity index is 1.69. The van der Waals surface area contributed by atoms with Gasteiger partial charge in [-0.15, -0.1) is 11.3 Å². The lowest BCUT2D eigenvalue weighted by Crippen LogP contribution is -2.46. The predicted octanol–water partition coefficient (Wildman–Crippen LogP) is 2.87. The van der Waals surface area contributed by atoms with Crippen molar-refractivity contribution in [3.63, 3.8) is 0 Å². The third-order valence-electron chi connectivity index (χ3n) is 3.49. The number of anilines is 2. The molecule has 0 aromatic carbocycles. The van der Waals surface area contributed by atoms with Crippen LogP contribution in [0.4, 0.5) is 10.9 Å². The molecule has 5 nitrogen and oxygen atoms in total. The van der Waals surface area contributed by atoms with Crippen molar-refractivity contribution in [1.82, 2.24) is 15.0 Å². The van der Waals surface area contributed by atoms with Gasteiger partial charge in [-0.2, -0.15) is 0 Å². The van der Waals surface area contributed by atoms with Crippen LogP contribution in [0.2, 0.25) is 5.15 Å². The lowest BCUT2D eigenvalue weighted by molar-refractivity contribution is 0.642. The number of hydrogen-bond acceptors (Lipinski definition) is 6. The molecule has 1 fully saturated rings. The summed E-state index contributed by atoms with van der Waals surface area (Å²) in [6.45, 7) is 5.89. The van der Waals surface area contributed by atoms with Crippen LogP contribution in [-0.4, -0.2) is 41.1 Å². The molecule has 3 rings (SSSR count). The Kier molecular flexibility index (Phi) is 4.55. The van der Waals surface area contributed by atoms with Crippen LogP contribution in [0.3, 0.4) is 0 Å². The Morgan fingerprint density at radius 2 is 1.95 bits per heavy atom. The molecule has 0 radical (unpaired) electrons. The number of thiazole rings is 1. The van der Waals surface area contributed by atoms with Gasteiger partial charge in [-0.25, -0.2) is 15.0 Å². The number of nitrogens with zero attached hydrogens (tertiary/aromatic N) is 5. The van der Waals surface area contributed by atoms with Crippen molar-refractivity contribution >= 4 is 33.9 Å². The number of aromatic nitrogens is 3. The molecule has 0 spiro atoms. The summed E-state index contributed by atoms with van der Waals surface area (Å²) in [5, 5.41) is 3.65. The first-order valence-electron chi connectivity index (χ1n) is 7.19. The van der Waals surface area contributed by atoms with Crippen LogP contribution in [0.15, 0.2) is 17.6 Å². The molecule has 0 saturated carbocycles. The molecule has 0 amide bonds. The zero-order chi connectivity index (χ0) is 14.7. The Labute approximate surface area is 133 Å². The van der Waals surface area contributed by atoms with E-state index in [2.05, 4.69) is 31.7 Å². The lowest BCUT2D eigenvalue weighted by Gasteiger charge is -2.35. The summed E-state index contributed by atoms with van der Waals surface area (Å²) in [6, 6.07) is 1.86. The summed E-state index contributed by atoms with van der Waals surface area (Å²) >= 11 is 7.81. The quantitative estimate of drug-likeness (QED) is 0.810. The van der Waals surface area contributed by atoms with Gasteiger partial charge in [0.1, 0.15) is 16.8 Å². The van der Waals surface area contributed by atoms with Crippen LogP contribution >= 0.6 is 22.9 Å². The monoisotopic (exact) mass is 323 g/mol. The van der Waals surface area contributed by atoms with Gasteiger partial charge < -0.3 is 9.80 Å². The van der Waals surface area contributed by atoms with Crippen molar-refractivity contribution in [3.05, 3.63) is 28.6 Å². The summed E-state index contributed by atoms with van der Waals surface area (Å²) in [7, 11) is 0. The van der Waals surface area contributed by atoms with Crippen LogP contribution in [0.5, 0.6) is 0 Å². The van der Waals surface area contributed by atoms with E-state index >= 15 is 0 Å². The topological polar surface area (TPSA) is 45.2 Å². The number of halogens is 1. The minimum Gasteiger partial charge on any atom is -0.353 e. The van der Waals surface area contributed by atoms with Gasteiger partial charge in [0, 0.05) is 50.2 Å². The van der Waals surface area contributed by atoms with Crippen molar-refractivity contribution in [2.75, 3.05) is 36.0 Å². The molecular formula is C14H18ClN5S. The van der Waals surface area contributed by atoms with Gasteiger partial charge in [-0.05, 0) is 6.42 Å². The van der Waals surface area contributed by atoms with E-state index < -0.39 is 0 Å². The van der Waals surface area contributed by atoms with Crippen LogP contribution < -0.4 is 9.80 Å². The summed E-state index contributed by atoms with van der Waals surface area (Å²) in [4.78, 5) is 17.9. The number of hydrogen-bond donors (Lipinski definition) is 0. The van der Waals surface area contributed by atoms with Crippen molar-refractivity contribution in [1.29, 1.82) is 0 Å². The van der Waals surface area contributed by atoms with E-state index in [0.717, 1.165) is 55.8 Å². The fraction of sp³-hybridized carbons (Fsp3) is 0.500. The summed E-state index contributed by atoms with van der Waals surface area (Å²) in [5.74, 6) is 1.78. The van der Waals surface area contributed by atoms with E-state index in [1.54, 1.807) is 11.3 Å². The van der Waals surface area contributed by atoms with Gasteiger partial charge in [0.2, 0.25) is 0 Å². The van der Waals surface area contributed by atoms with Crippen molar-refractivity contribution < 1.29 is 0 Å². The molecule has 3 heterocycles. The molecule has 0 unspecified atom stereocenters. The van der Waals surface area contributed by atoms with Crippen LogP contribution in [-0.2, 0) is 6.42 Å². The Morgan fingerprint density at radius 1 is 1.19 bits per heavy atom. The normalized spacial score (nSPS) is 15.5. The third-order valence-corrected chi connectivity index (χ3v) is 4.52. The largest absolute Gasteiger partial charge is 0.353 e. The fourth-order valence-electron chi connectivity index (χ4n) is 2.45. The maximum absolute atomic E-state index is 6.12. The predicted molar refractivity (Wildman–Crippen MR) is 87.6 cm³/mol. The highest BCUT2D eigenvalue weighted by molar-refractivity contribution is 7.13. The maximum atomic E-state index is 6.12. The molecule has 1 aliphatic heterocycles. The minimum atomic E-state index is 0.533. The van der Waals surface area contributed by atoms with Crippen LogP contribution in [0, 0.1) is 0 Å². The summed E-state index contributed by atoms with van der Waals surface area (Å²) < 4.78 is 0. The second-order valence-electron chi connectivity index (χ2n) is 5.00. The zero-order valence-corrected chi connectivity index (χ0v) is 13.6. The van der Waals surface area contributed by atoms with Gasteiger partial charge in [0.05, 0.1) is 0 Å². The maximum Gasteiger partial charge on any atom is 0.185 e. The van der Waals surface area contributed by atoms with Crippen molar-refractivity contribution in [2.24, 2.45) is 0 Å². The highest BCUT2D eigenvalue weighted by Crippen LogP contribution is 2.22. The number of aryl methyl sites for hydroxylation is 1. The third kappa shape index (κ3) is 3.44. The second-order valence-corrected chi connectivity index (χ2v) is 6.26. The molecular weight excluding hydrogens is 306 g/mol. The SMILES string of the molecule is CCCc1nc(Cl)cc(N2CCN(c3nccs3)CC2)n1. The van der Waals surface area contributed by atoms with Gasteiger partial charge in [-0.3, -0.25) is 0 Å². The van der Waals surface area contributed by atoms with Gasteiger partial charge >= 0.3 is 0 Å². The molecule has 0 aliphatic carbocycles. The molecule has 1 aliphatic rings. The first-order valence-corrected chi connectivity index (χ1v) is 8.45. The summed E-state index contributed by atoms with van der Waals surface area (Å²) in [5.41, 5.74) is 0. The molecule has 1 saturated heterocycles. The Hall–Kier alpha value is -1.40. The zero-order valence-electron chi connectivity index (χ0n) is 12.0. The van der Waals surface area contributed by atoms with Gasteiger partial charge in [-0.1, -0.05) is 18.5 Å². The molecule has 0 bridgehead atoms. The first kappa shape index (κ1) is 14.5. The molecule has 21 heavy (non-hydrogen) atoms. The first-order chi connectivity index (χ1) is 10.3. The molecule has 7 heteroatoms. The van der Waals surface area contributed by atoms with E-state index in [9.17, 15) is 0 Å². The van der Waals surface area contributed by atoms with E-state index in [4.69, 9.17) is 11.6 Å². The fourth-order valence-corrected chi connectivity index (χ4v) is 3.34.